The number of rotatable bonds is 14. The number of aliphatic imine (C=N–C) groups is 1. The fourth-order valence-corrected chi connectivity index (χ4v) is 3.19. The molecule has 0 atom stereocenters. The summed E-state index contributed by atoms with van der Waals surface area (Å²) in [5, 5.41) is 17.1. The molecule has 0 radical (unpaired) electrons. The van der Waals surface area contributed by atoms with Gasteiger partial charge >= 0.3 is 0 Å². The Hall–Kier alpha value is -1.97. The minimum Gasteiger partial charge on any atom is -0.379 e. The highest BCUT2D eigenvalue weighted by Gasteiger charge is 2.05. The van der Waals surface area contributed by atoms with Crippen LogP contribution in [-0.2, 0) is 29.5 Å². The Labute approximate surface area is 177 Å². The summed E-state index contributed by atoms with van der Waals surface area (Å²) in [6.07, 6.45) is 3.22. The lowest BCUT2D eigenvalue weighted by Gasteiger charge is -2.13. The summed E-state index contributed by atoms with van der Waals surface area (Å²) in [5.41, 5.74) is 0. The highest BCUT2D eigenvalue weighted by atomic mass is 32.1. The van der Waals surface area contributed by atoms with Crippen LogP contribution in [0.3, 0.4) is 0 Å². The molecule has 2 aromatic heterocycles. The predicted molar refractivity (Wildman–Crippen MR) is 117 cm³/mol. The van der Waals surface area contributed by atoms with Crippen LogP contribution in [0.15, 0.2) is 22.5 Å². The number of thiophene rings is 1. The van der Waals surface area contributed by atoms with Crippen molar-refractivity contribution >= 4 is 17.3 Å². The monoisotopic (exact) mass is 422 g/mol. The Bertz CT molecular complexity index is 702. The van der Waals surface area contributed by atoms with Gasteiger partial charge in [0.1, 0.15) is 12.4 Å². The van der Waals surface area contributed by atoms with Crippen molar-refractivity contribution in [1.29, 1.82) is 0 Å². The van der Waals surface area contributed by atoms with Crippen molar-refractivity contribution in [3.63, 3.8) is 0 Å². The molecule has 0 fully saturated rings. The van der Waals surface area contributed by atoms with E-state index < -0.39 is 0 Å². The molecule has 0 amide bonds. The van der Waals surface area contributed by atoms with Crippen LogP contribution in [-0.4, -0.2) is 60.2 Å². The molecule has 2 aromatic rings. The molecule has 0 spiro atoms. The molecule has 0 unspecified atom stereocenters. The Morgan fingerprint density at radius 2 is 1.93 bits per heavy atom. The van der Waals surface area contributed by atoms with Crippen LogP contribution in [0.1, 0.15) is 36.3 Å². The first-order valence-corrected chi connectivity index (χ1v) is 11.1. The van der Waals surface area contributed by atoms with Crippen molar-refractivity contribution in [2.75, 3.05) is 39.5 Å². The Morgan fingerprint density at radius 1 is 1.14 bits per heavy atom. The van der Waals surface area contributed by atoms with Crippen molar-refractivity contribution in [2.24, 2.45) is 12.0 Å². The number of aromatic nitrogens is 3. The third-order valence-corrected chi connectivity index (χ3v) is 5.29. The maximum absolute atomic E-state index is 5.62. The van der Waals surface area contributed by atoms with Crippen LogP contribution < -0.4 is 10.6 Å². The summed E-state index contributed by atoms with van der Waals surface area (Å²) >= 11 is 1.77. The average molecular weight is 423 g/mol. The van der Waals surface area contributed by atoms with Gasteiger partial charge in [0.05, 0.1) is 19.8 Å². The van der Waals surface area contributed by atoms with Crippen LogP contribution in [0, 0.1) is 6.92 Å². The molecule has 0 aliphatic carbocycles. The van der Waals surface area contributed by atoms with E-state index in [1.165, 1.54) is 4.88 Å². The van der Waals surface area contributed by atoms with Crippen LogP contribution in [0.4, 0.5) is 0 Å². The SMILES string of the molecule is CCCCOCCOCCNC(=NCc1nnc(C)n1C)NCCc1cccs1. The van der Waals surface area contributed by atoms with Gasteiger partial charge in [-0.15, -0.1) is 21.5 Å². The number of hydrogen-bond acceptors (Lipinski definition) is 6. The molecule has 0 aliphatic rings. The molecule has 0 bridgehead atoms. The number of unbranched alkanes of at least 4 members (excludes halogenated alkanes) is 1. The molecular formula is C20H34N6O2S. The van der Waals surface area contributed by atoms with Crippen LogP contribution in [0.25, 0.3) is 0 Å². The lowest BCUT2D eigenvalue weighted by Crippen LogP contribution is -2.40. The van der Waals surface area contributed by atoms with Gasteiger partial charge in [0.2, 0.25) is 0 Å². The summed E-state index contributed by atoms with van der Waals surface area (Å²) in [6.45, 7) is 8.72. The summed E-state index contributed by atoms with van der Waals surface area (Å²) in [5.74, 6) is 2.47. The first-order chi connectivity index (χ1) is 14.2. The minimum atomic E-state index is 0.470. The van der Waals surface area contributed by atoms with Gasteiger partial charge in [0, 0.05) is 31.6 Å². The molecule has 2 rings (SSSR count). The molecule has 0 saturated carbocycles. The molecule has 0 aromatic carbocycles. The van der Waals surface area contributed by atoms with E-state index in [0.717, 1.165) is 50.0 Å². The van der Waals surface area contributed by atoms with Crippen molar-refractivity contribution in [3.8, 4) is 0 Å². The largest absolute Gasteiger partial charge is 0.379 e. The Kier molecular flexibility index (Phi) is 11.3. The molecule has 2 N–H and O–H groups in total. The maximum Gasteiger partial charge on any atom is 0.191 e. The smallest absolute Gasteiger partial charge is 0.191 e. The third kappa shape index (κ3) is 9.38. The van der Waals surface area contributed by atoms with Gasteiger partial charge in [-0.25, -0.2) is 4.99 Å². The molecule has 2 heterocycles. The molecule has 8 nitrogen and oxygen atoms in total. The second kappa shape index (κ2) is 14.1. The molecule has 0 aliphatic heterocycles. The predicted octanol–water partition coefficient (Wildman–Crippen LogP) is 2.30. The van der Waals surface area contributed by atoms with Crippen LogP contribution in [0.5, 0.6) is 0 Å². The van der Waals surface area contributed by atoms with E-state index in [2.05, 4.69) is 50.3 Å². The number of nitrogens with one attached hydrogen (secondary N) is 2. The first kappa shape index (κ1) is 23.3. The Balaban J connectivity index is 1.72. The van der Waals surface area contributed by atoms with E-state index in [1.54, 1.807) is 11.3 Å². The van der Waals surface area contributed by atoms with Crippen molar-refractivity contribution in [2.45, 2.75) is 39.7 Å². The molecule has 0 saturated heterocycles. The van der Waals surface area contributed by atoms with Gasteiger partial charge in [-0.05, 0) is 31.2 Å². The molecule has 162 valence electrons. The second-order valence-electron chi connectivity index (χ2n) is 6.65. The second-order valence-corrected chi connectivity index (χ2v) is 7.68. The number of nitrogens with zero attached hydrogens (tertiary/aromatic N) is 4. The zero-order valence-electron chi connectivity index (χ0n) is 17.8. The van der Waals surface area contributed by atoms with Gasteiger partial charge < -0.3 is 24.7 Å². The van der Waals surface area contributed by atoms with Crippen LogP contribution >= 0.6 is 11.3 Å². The number of ether oxygens (including phenoxy) is 2. The van der Waals surface area contributed by atoms with Gasteiger partial charge in [0.25, 0.3) is 0 Å². The average Bonchev–Trinajstić information content (AvgIpc) is 3.35. The van der Waals surface area contributed by atoms with E-state index in [0.29, 0.717) is 32.9 Å². The van der Waals surface area contributed by atoms with E-state index in [-0.39, 0.29) is 0 Å². The standard InChI is InChI=1S/C20H34N6O2S/c1-4-5-11-27-13-14-28-12-10-22-20(21-9-8-18-7-6-15-29-18)23-16-19-25-24-17(2)26(19)3/h6-7,15H,4-5,8-14,16H2,1-3H3,(H2,21,22,23). The quantitative estimate of drug-likeness (QED) is 0.276. The maximum atomic E-state index is 5.62. The normalized spacial score (nSPS) is 11.8. The highest BCUT2D eigenvalue weighted by Crippen LogP contribution is 2.08. The van der Waals surface area contributed by atoms with Crippen LogP contribution in [0.2, 0.25) is 0 Å². The van der Waals surface area contributed by atoms with E-state index in [9.17, 15) is 0 Å². The van der Waals surface area contributed by atoms with E-state index >= 15 is 0 Å². The van der Waals surface area contributed by atoms with Crippen molar-refractivity contribution in [1.82, 2.24) is 25.4 Å². The Morgan fingerprint density at radius 3 is 2.62 bits per heavy atom. The zero-order valence-corrected chi connectivity index (χ0v) is 18.6. The number of hydrogen-bond donors (Lipinski definition) is 2. The molecule has 29 heavy (non-hydrogen) atoms. The lowest BCUT2D eigenvalue weighted by atomic mass is 10.3. The zero-order chi connectivity index (χ0) is 20.7. The summed E-state index contributed by atoms with van der Waals surface area (Å²) in [7, 11) is 1.95. The molecule has 9 heteroatoms. The van der Waals surface area contributed by atoms with Gasteiger partial charge in [0.15, 0.2) is 11.8 Å². The molecular weight excluding hydrogens is 388 g/mol. The number of guanidine groups is 1. The number of aryl methyl sites for hydroxylation is 1. The minimum absolute atomic E-state index is 0.470. The third-order valence-electron chi connectivity index (χ3n) is 4.36. The van der Waals surface area contributed by atoms with Gasteiger partial charge in [-0.2, -0.15) is 0 Å². The highest BCUT2D eigenvalue weighted by molar-refractivity contribution is 7.09. The summed E-state index contributed by atoms with van der Waals surface area (Å²) < 4.78 is 13.1. The topological polar surface area (TPSA) is 85.6 Å². The van der Waals surface area contributed by atoms with E-state index in [1.807, 2.05) is 18.5 Å². The summed E-state index contributed by atoms with van der Waals surface area (Å²) in [6, 6.07) is 4.22. The van der Waals surface area contributed by atoms with Gasteiger partial charge in [-0.1, -0.05) is 19.4 Å². The van der Waals surface area contributed by atoms with Gasteiger partial charge in [-0.3, -0.25) is 0 Å². The lowest BCUT2D eigenvalue weighted by molar-refractivity contribution is 0.0487. The summed E-state index contributed by atoms with van der Waals surface area (Å²) in [4.78, 5) is 6.00. The van der Waals surface area contributed by atoms with Crippen molar-refractivity contribution in [3.05, 3.63) is 34.0 Å². The van der Waals surface area contributed by atoms with Crippen molar-refractivity contribution < 1.29 is 9.47 Å². The first-order valence-electron chi connectivity index (χ1n) is 10.3. The fourth-order valence-electron chi connectivity index (χ4n) is 2.48. The van der Waals surface area contributed by atoms with E-state index in [4.69, 9.17) is 9.47 Å². The fraction of sp³-hybridized carbons (Fsp3) is 0.650.